The molecule has 1 amide bonds. The molecule has 10 heteroatoms. The number of nitrogens with one attached hydrogen (secondary N) is 1. The zero-order valence-corrected chi connectivity index (χ0v) is 16.7. The van der Waals surface area contributed by atoms with Gasteiger partial charge in [0.15, 0.2) is 11.2 Å². The first-order valence-electron chi connectivity index (χ1n) is 10.3. The molecule has 10 nitrogen and oxygen atoms in total. The summed E-state index contributed by atoms with van der Waals surface area (Å²) >= 11 is 0. The van der Waals surface area contributed by atoms with Crippen LogP contribution < -0.4 is 16.0 Å². The van der Waals surface area contributed by atoms with E-state index in [1.807, 2.05) is 0 Å². The van der Waals surface area contributed by atoms with E-state index in [1.54, 1.807) is 10.9 Å². The monoisotopic (exact) mass is 410 g/mol. The molecular formula is C20H26N8O2. The molecule has 30 heavy (non-hydrogen) atoms. The molecule has 0 radical (unpaired) electrons. The van der Waals surface area contributed by atoms with E-state index in [2.05, 4.69) is 60.5 Å². The SMILES string of the molecule is NC(=O)O.c1cc(-n2nnc3cnc(NC4CCCC4)nc32)ccc1N1CCCC1. The van der Waals surface area contributed by atoms with Gasteiger partial charge in [-0.1, -0.05) is 18.1 Å². The van der Waals surface area contributed by atoms with Crippen molar-refractivity contribution in [1.29, 1.82) is 0 Å². The predicted molar refractivity (Wildman–Crippen MR) is 114 cm³/mol. The molecule has 0 atom stereocenters. The zero-order chi connectivity index (χ0) is 20.9. The molecule has 1 saturated carbocycles. The van der Waals surface area contributed by atoms with Gasteiger partial charge < -0.3 is 21.1 Å². The van der Waals surface area contributed by atoms with Gasteiger partial charge in [-0.15, -0.1) is 5.10 Å². The van der Waals surface area contributed by atoms with Crippen molar-refractivity contribution in [1.82, 2.24) is 25.0 Å². The van der Waals surface area contributed by atoms with E-state index in [9.17, 15) is 0 Å². The Balaban J connectivity index is 0.000000503. The van der Waals surface area contributed by atoms with E-state index in [1.165, 1.54) is 44.2 Å². The fourth-order valence-corrected chi connectivity index (χ4v) is 4.00. The Labute approximate surface area is 174 Å². The normalized spacial score (nSPS) is 16.5. The van der Waals surface area contributed by atoms with Crippen LogP contribution in [0, 0.1) is 0 Å². The lowest BCUT2D eigenvalue weighted by atomic mass is 10.2. The van der Waals surface area contributed by atoms with Crippen molar-refractivity contribution in [3.8, 4) is 5.69 Å². The van der Waals surface area contributed by atoms with Gasteiger partial charge in [-0.3, -0.25) is 0 Å². The molecule has 2 aliphatic rings. The number of benzene rings is 1. The minimum atomic E-state index is -1.33. The minimum Gasteiger partial charge on any atom is -0.465 e. The number of fused-ring (bicyclic) bond motifs is 1. The first kappa shape index (κ1) is 19.9. The van der Waals surface area contributed by atoms with Crippen molar-refractivity contribution >= 4 is 28.9 Å². The van der Waals surface area contributed by atoms with E-state index in [-0.39, 0.29) is 0 Å². The Morgan fingerprint density at radius 3 is 2.37 bits per heavy atom. The summed E-state index contributed by atoms with van der Waals surface area (Å²) in [5, 5.41) is 19.2. The maximum absolute atomic E-state index is 8.78. The van der Waals surface area contributed by atoms with Gasteiger partial charge in [-0.25, -0.2) is 9.78 Å². The van der Waals surface area contributed by atoms with Crippen molar-refractivity contribution in [2.45, 2.75) is 44.6 Å². The summed E-state index contributed by atoms with van der Waals surface area (Å²) in [6.07, 6.45) is 7.92. The fourth-order valence-electron chi connectivity index (χ4n) is 4.00. The van der Waals surface area contributed by atoms with E-state index in [0.29, 0.717) is 17.5 Å². The van der Waals surface area contributed by atoms with Gasteiger partial charge in [-0.05, 0) is 49.9 Å². The number of rotatable bonds is 4. The Kier molecular flexibility index (Phi) is 5.92. The first-order chi connectivity index (χ1) is 14.6. The molecule has 0 bridgehead atoms. The van der Waals surface area contributed by atoms with Crippen LogP contribution in [0.1, 0.15) is 38.5 Å². The highest BCUT2D eigenvalue weighted by Gasteiger charge is 2.17. The highest BCUT2D eigenvalue weighted by molar-refractivity contribution is 5.72. The molecule has 2 aromatic heterocycles. The second-order valence-electron chi connectivity index (χ2n) is 7.58. The lowest BCUT2D eigenvalue weighted by Crippen LogP contribution is -2.17. The van der Waals surface area contributed by atoms with E-state index in [4.69, 9.17) is 9.90 Å². The quantitative estimate of drug-likeness (QED) is 0.597. The molecule has 5 rings (SSSR count). The highest BCUT2D eigenvalue weighted by Crippen LogP contribution is 2.24. The summed E-state index contributed by atoms with van der Waals surface area (Å²) in [5.41, 5.74) is 7.73. The molecule has 0 unspecified atom stereocenters. The number of primary amides is 1. The molecule has 0 spiro atoms. The largest absolute Gasteiger partial charge is 0.465 e. The molecule has 1 aliphatic heterocycles. The summed E-state index contributed by atoms with van der Waals surface area (Å²) in [4.78, 5) is 20.3. The Bertz CT molecular complexity index is 988. The summed E-state index contributed by atoms with van der Waals surface area (Å²) in [7, 11) is 0. The number of carbonyl (C=O) groups is 1. The number of hydrogen-bond donors (Lipinski definition) is 3. The van der Waals surface area contributed by atoms with Crippen molar-refractivity contribution in [2.75, 3.05) is 23.3 Å². The summed E-state index contributed by atoms with van der Waals surface area (Å²) < 4.78 is 1.80. The Hall–Kier alpha value is -3.43. The lowest BCUT2D eigenvalue weighted by molar-refractivity contribution is 0.205. The van der Waals surface area contributed by atoms with Crippen molar-refractivity contribution in [2.24, 2.45) is 5.73 Å². The third kappa shape index (κ3) is 4.58. The van der Waals surface area contributed by atoms with Gasteiger partial charge in [0, 0.05) is 24.8 Å². The van der Waals surface area contributed by atoms with Crippen molar-refractivity contribution in [3.63, 3.8) is 0 Å². The van der Waals surface area contributed by atoms with Crippen LogP contribution in [0.4, 0.5) is 16.4 Å². The van der Waals surface area contributed by atoms with E-state index in [0.717, 1.165) is 24.4 Å². The van der Waals surface area contributed by atoms with Gasteiger partial charge in [-0.2, -0.15) is 9.67 Å². The van der Waals surface area contributed by atoms with Gasteiger partial charge in [0.2, 0.25) is 5.95 Å². The molecule has 3 aromatic rings. The molecule has 158 valence electrons. The average molecular weight is 410 g/mol. The topological polar surface area (TPSA) is 135 Å². The number of nitrogens with two attached hydrogens (primary N) is 1. The molecule has 3 heterocycles. The molecule has 2 fully saturated rings. The number of nitrogens with zero attached hydrogens (tertiary/aromatic N) is 6. The third-order valence-electron chi connectivity index (χ3n) is 5.45. The van der Waals surface area contributed by atoms with Crippen LogP contribution in [0.15, 0.2) is 30.5 Å². The number of anilines is 2. The molecule has 4 N–H and O–H groups in total. The maximum atomic E-state index is 8.78. The minimum absolute atomic E-state index is 0.483. The standard InChI is InChI=1S/C19H23N7.CH3NO2/c1-2-6-14(5-1)21-19-20-13-17-18(22-19)26(24-23-17)16-9-7-15(8-10-16)25-11-3-4-12-25;2-1(3)4/h7-10,13-14H,1-6,11-12H2,(H,20,21,22);2H2,(H,3,4). The first-order valence-corrected chi connectivity index (χ1v) is 10.3. The second kappa shape index (κ2) is 8.93. The number of aromatic nitrogens is 5. The maximum Gasteiger partial charge on any atom is 0.402 e. The third-order valence-corrected chi connectivity index (χ3v) is 5.45. The van der Waals surface area contributed by atoms with Gasteiger partial charge in [0.1, 0.15) is 0 Å². The molecular weight excluding hydrogens is 384 g/mol. The predicted octanol–water partition coefficient (Wildman–Crippen LogP) is 2.79. The van der Waals surface area contributed by atoms with Crippen molar-refractivity contribution in [3.05, 3.63) is 30.5 Å². The fraction of sp³-hybridized carbons (Fsp3) is 0.450. The van der Waals surface area contributed by atoms with Gasteiger partial charge in [0.25, 0.3) is 0 Å². The number of hydrogen-bond acceptors (Lipinski definition) is 7. The van der Waals surface area contributed by atoms with E-state index >= 15 is 0 Å². The van der Waals surface area contributed by atoms with Crippen LogP contribution in [-0.2, 0) is 0 Å². The number of amides is 1. The molecule has 1 aliphatic carbocycles. The van der Waals surface area contributed by atoms with Gasteiger partial charge in [0.05, 0.1) is 11.9 Å². The van der Waals surface area contributed by atoms with Crippen molar-refractivity contribution < 1.29 is 9.90 Å². The van der Waals surface area contributed by atoms with Crippen LogP contribution in [0.5, 0.6) is 0 Å². The Morgan fingerprint density at radius 2 is 1.70 bits per heavy atom. The Morgan fingerprint density at radius 1 is 1.07 bits per heavy atom. The van der Waals surface area contributed by atoms with Gasteiger partial charge >= 0.3 is 6.09 Å². The van der Waals surface area contributed by atoms with Crippen LogP contribution in [0.25, 0.3) is 16.9 Å². The summed E-state index contributed by atoms with van der Waals surface area (Å²) in [6.45, 7) is 2.30. The van der Waals surface area contributed by atoms with Crippen LogP contribution in [-0.4, -0.2) is 55.3 Å². The zero-order valence-electron chi connectivity index (χ0n) is 16.7. The van der Waals surface area contributed by atoms with Crippen LogP contribution in [0.3, 0.4) is 0 Å². The van der Waals surface area contributed by atoms with Crippen LogP contribution in [0.2, 0.25) is 0 Å². The molecule has 1 aromatic carbocycles. The summed E-state index contributed by atoms with van der Waals surface area (Å²) in [5.74, 6) is 0.668. The summed E-state index contributed by atoms with van der Waals surface area (Å²) in [6, 6.07) is 8.98. The second-order valence-corrected chi connectivity index (χ2v) is 7.58. The smallest absolute Gasteiger partial charge is 0.402 e. The lowest BCUT2D eigenvalue weighted by Gasteiger charge is -2.17. The molecule has 1 saturated heterocycles. The average Bonchev–Trinajstić information content (AvgIpc) is 3.49. The number of carboxylic acid groups (broad SMARTS) is 1. The van der Waals surface area contributed by atoms with Crippen LogP contribution >= 0.6 is 0 Å². The van der Waals surface area contributed by atoms with E-state index < -0.39 is 6.09 Å². The highest BCUT2D eigenvalue weighted by atomic mass is 16.4.